The first-order chi connectivity index (χ1) is 55.6. The third-order valence-electron chi connectivity index (χ3n) is 20.0. The lowest BCUT2D eigenvalue weighted by atomic mass is 9.91. The van der Waals surface area contributed by atoms with E-state index >= 15 is 0 Å². The summed E-state index contributed by atoms with van der Waals surface area (Å²) in [6, 6.07) is 48.8. The number of phenols is 5. The summed E-state index contributed by atoms with van der Waals surface area (Å²) >= 11 is 9.32. The van der Waals surface area contributed by atoms with Gasteiger partial charge in [-0.2, -0.15) is 0 Å². The summed E-state index contributed by atoms with van der Waals surface area (Å²) in [5, 5.41) is 60.7. The first-order valence-corrected chi connectivity index (χ1v) is 39.9. The number of carbonyl (C=O) groups excluding carboxylic acids is 4. The van der Waals surface area contributed by atoms with E-state index in [1.165, 1.54) is 12.1 Å². The number of phenolic OH excluding ortho intramolecular Hbond substituents is 5. The van der Waals surface area contributed by atoms with Crippen molar-refractivity contribution in [2.24, 2.45) is 0 Å². The Kier molecular flexibility index (Phi) is 26.0. The van der Waals surface area contributed by atoms with Crippen molar-refractivity contribution in [1.82, 2.24) is 39.9 Å². The van der Waals surface area contributed by atoms with Crippen LogP contribution in [0.3, 0.4) is 0 Å². The van der Waals surface area contributed by atoms with Gasteiger partial charge in [0.15, 0.2) is 23.3 Å². The maximum absolute atomic E-state index is 13.1. The number of hydrogen-bond acceptors (Lipinski definition) is 17. The fourth-order valence-corrected chi connectivity index (χ4v) is 14.8. The van der Waals surface area contributed by atoms with Gasteiger partial charge in [0.2, 0.25) is 23.6 Å². The lowest BCUT2D eigenvalue weighted by Crippen LogP contribution is -2.19. The van der Waals surface area contributed by atoms with E-state index in [1.54, 1.807) is 97.1 Å². The molecule has 4 aliphatic carbocycles. The Bertz CT molecular complexity index is 5210. The van der Waals surface area contributed by atoms with E-state index in [2.05, 4.69) is 58.0 Å². The van der Waals surface area contributed by atoms with Crippen molar-refractivity contribution < 1.29 is 49.1 Å². The molecule has 24 heteroatoms. The molecule has 0 bridgehead atoms. The van der Waals surface area contributed by atoms with Gasteiger partial charge in [0.25, 0.3) is 0 Å². The van der Waals surface area contributed by atoms with Crippen LogP contribution in [0.5, 0.6) is 28.7 Å². The summed E-state index contributed by atoms with van der Waals surface area (Å²) in [7, 11) is 0. The molecule has 0 aliphatic heterocycles. The summed E-state index contributed by atoms with van der Waals surface area (Å²) in [6.07, 6.45) is 12.4. The molecular formula is C91H87BrClFN12O9. The first kappa shape index (κ1) is 80.7. The van der Waals surface area contributed by atoms with E-state index in [-0.39, 0.29) is 77.5 Å². The number of fused-ring (bicyclic) bond motifs is 12. The van der Waals surface area contributed by atoms with Gasteiger partial charge in [-0.3, -0.25) is 19.2 Å². The third-order valence-corrected chi connectivity index (χ3v) is 20.8. The molecule has 0 saturated carbocycles. The molecule has 4 aliphatic rings. The van der Waals surface area contributed by atoms with Crippen LogP contribution in [0.2, 0.25) is 5.02 Å². The van der Waals surface area contributed by atoms with E-state index in [0.717, 1.165) is 210 Å². The van der Waals surface area contributed by atoms with Crippen LogP contribution in [0.4, 0.5) is 27.7 Å². The first-order valence-electron chi connectivity index (χ1n) is 38.7. The summed E-state index contributed by atoms with van der Waals surface area (Å²) in [4.78, 5) is 88.6. The normalized spacial score (nSPS) is 12.2. The highest BCUT2D eigenvalue weighted by atomic mass is 79.9. The second-order valence-electron chi connectivity index (χ2n) is 28.7. The lowest BCUT2D eigenvalue weighted by Gasteiger charge is -2.21. The van der Waals surface area contributed by atoms with Crippen molar-refractivity contribution in [3.05, 3.63) is 275 Å². The van der Waals surface area contributed by atoms with E-state index in [1.807, 2.05) is 67.6 Å². The number of benzene rings is 8. The van der Waals surface area contributed by atoms with E-state index in [0.29, 0.717) is 60.4 Å². The van der Waals surface area contributed by atoms with E-state index in [9.17, 15) is 49.1 Å². The van der Waals surface area contributed by atoms with Crippen LogP contribution in [0.1, 0.15) is 137 Å². The van der Waals surface area contributed by atoms with Crippen LogP contribution < -0.4 is 21.3 Å². The maximum Gasteiger partial charge on any atom is 0.229 e. The zero-order valence-corrected chi connectivity index (χ0v) is 66.5. The number of anilines is 4. The van der Waals surface area contributed by atoms with E-state index < -0.39 is 0 Å². The quantitative estimate of drug-likeness (QED) is 0.0363. The number of aromatic nitrogens is 8. The average molecular weight is 1630 g/mol. The molecule has 4 amide bonds. The van der Waals surface area contributed by atoms with Gasteiger partial charge < -0.3 is 46.8 Å². The van der Waals surface area contributed by atoms with Crippen LogP contribution in [-0.2, 0) is 122 Å². The maximum atomic E-state index is 13.1. The SMILES string of the molecule is CCCc1nc2c(nc1NC(=O)Cc1ccc(Br)cc1)CCc1cc(O)ccc1-2.CCCc1nc2c(nc1NC(=O)Cc1ccc(Cl)cc1)CCc1cc(O)ccc1-2.CCCc1nc2c(nc1NC(=O)Cc1ccc(F)cc1)CCc1cc(O)ccc1-2.CCc1nc2c(nc1NC(=O)Cc1ccc(O)cc1)CCc1cc(O)ccc1-2. The van der Waals surface area contributed by atoms with Gasteiger partial charge in [0.05, 0.1) is 94.0 Å². The number of nitrogens with zero attached hydrogens (tertiary/aromatic N) is 8. The molecule has 115 heavy (non-hydrogen) atoms. The molecule has 0 atom stereocenters. The predicted octanol–water partition coefficient (Wildman–Crippen LogP) is 17.2. The molecule has 4 aromatic heterocycles. The largest absolute Gasteiger partial charge is 0.508 e. The number of carbonyl (C=O) groups is 4. The number of nitrogens with one attached hydrogen (secondary N) is 4. The van der Waals surface area contributed by atoms with Crippen LogP contribution in [0.15, 0.2) is 174 Å². The fourth-order valence-electron chi connectivity index (χ4n) is 14.4. The average Bonchev–Trinajstić information content (AvgIpc) is 0.788. The van der Waals surface area contributed by atoms with Gasteiger partial charge in [-0.15, -0.1) is 0 Å². The van der Waals surface area contributed by atoms with Crippen molar-refractivity contribution in [2.45, 2.75) is 150 Å². The zero-order valence-electron chi connectivity index (χ0n) is 64.2. The minimum absolute atomic E-state index is 0.0972. The van der Waals surface area contributed by atoms with E-state index in [4.69, 9.17) is 51.5 Å². The Morgan fingerprint density at radius 1 is 0.348 bits per heavy atom. The summed E-state index contributed by atoms with van der Waals surface area (Å²) in [5.74, 6) is 2.41. The molecule has 9 N–H and O–H groups in total. The van der Waals surface area contributed by atoms with Gasteiger partial charge >= 0.3 is 0 Å². The Morgan fingerprint density at radius 2 is 0.609 bits per heavy atom. The summed E-state index contributed by atoms with van der Waals surface area (Å²) < 4.78 is 14.1. The Morgan fingerprint density at radius 3 is 0.904 bits per heavy atom. The van der Waals surface area contributed by atoms with Gasteiger partial charge in [0.1, 0.15) is 34.6 Å². The van der Waals surface area contributed by atoms with Gasteiger partial charge in [0, 0.05) is 31.7 Å². The number of amides is 4. The molecule has 4 heterocycles. The molecule has 8 aromatic carbocycles. The van der Waals surface area contributed by atoms with Gasteiger partial charge in [-0.1, -0.05) is 123 Å². The molecule has 0 radical (unpaired) electrons. The highest BCUT2D eigenvalue weighted by Gasteiger charge is 2.28. The molecular weight excluding hydrogens is 1540 g/mol. The lowest BCUT2D eigenvalue weighted by molar-refractivity contribution is -0.116. The Balaban J connectivity index is 0.000000134. The second kappa shape index (κ2) is 37.1. The van der Waals surface area contributed by atoms with Crippen molar-refractivity contribution in [3.8, 4) is 73.8 Å². The molecule has 21 nitrogen and oxygen atoms in total. The van der Waals surface area contributed by atoms with Crippen LogP contribution in [0, 0.1) is 5.82 Å². The highest BCUT2D eigenvalue weighted by molar-refractivity contribution is 9.10. The van der Waals surface area contributed by atoms with Crippen molar-refractivity contribution in [1.29, 1.82) is 0 Å². The molecule has 0 unspecified atom stereocenters. The van der Waals surface area contributed by atoms with Crippen LogP contribution in [-0.4, -0.2) is 89.0 Å². The second-order valence-corrected chi connectivity index (χ2v) is 30.0. The molecule has 16 rings (SSSR count). The summed E-state index contributed by atoms with van der Waals surface area (Å²) in [6.45, 7) is 8.19. The number of rotatable bonds is 19. The number of hydrogen-bond donors (Lipinski definition) is 9. The van der Waals surface area contributed by atoms with Crippen molar-refractivity contribution >= 4 is 74.4 Å². The molecule has 0 fully saturated rings. The highest BCUT2D eigenvalue weighted by Crippen LogP contribution is 2.40. The van der Waals surface area contributed by atoms with Crippen LogP contribution in [0.25, 0.3) is 45.0 Å². The topological polar surface area (TPSA) is 321 Å². The molecule has 586 valence electrons. The third kappa shape index (κ3) is 20.4. The van der Waals surface area contributed by atoms with Gasteiger partial charge in [-0.05, 0) is 243 Å². The fraction of sp³-hybridized carbons (Fsp3) is 0.253. The molecule has 0 spiro atoms. The summed E-state index contributed by atoms with van der Waals surface area (Å²) in [5.41, 5.74) is 21.6. The monoisotopic (exact) mass is 1620 g/mol. The predicted molar refractivity (Wildman–Crippen MR) is 447 cm³/mol. The Hall–Kier alpha value is -12.3. The zero-order chi connectivity index (χ0) is 80.8. The van der Waals surface area contributed by atoms with Crippen molar-refractivity contribution in [2.75, 3.05) is 21.3 Å². The van der Waals surface area contributed by atoms with Crippen LogP contribution >= 0.6 is 27.5 Å². The standard InChI is InChI=1S/C23H22BrN3O2.C23H22ClN3O2.C23H22FN3O2.C22H21N3O3/c3*1-2-3-20-23(27-21(29)12-14-4-7-16(24)8-5-14)26-19-11-6-15-13-17(28)9-10-18(15)22(19)25-20;1-2-18-22(25-20(28)11-13-3-6-15(26)7-4-13)24-19-10-5-14-12-16(27)8-9-17(14)21(19)23-18/h3*4-5,7-10,13,28H,2-3,6,11-12H2,1H3,(H,26,27,29);3-4,6-9,12,26-27H,2,5,10-11H2,1H3,(H,24,25,28). The number of aromatic hydroxyl groups is 5. The molecule has 12 aromatic rings. The van der Waals surface area contributed by atoms with Gasteiger partial charge in [-0.25, -0.2) is 44.3 Å². The Labute approximate surface area is 679 Å². The number of halogens is 3. The van der Waals surface area contributed by atoms with Crippen molar-refractivity contribution in [3.63, 3.8) is 0 Å². The molecule has 0 saturated heterocycles. The smallest absolute Gasteiger partial charge is 0.229 e. The minimum atomic E-state index is -0.325. The minimum Gasteiger partial charge on any atom is -0.508 e. The number of aryl methyl sites for hydroxylation is 12.